The van der Waals surface area contributed by atoms with E-state index >= 15 is 0 Å². The maximum Gasteiger partial charge on any atom is 0.234 e. The summed E-state index contributed by atoms with van der Waals surface area (Å²) in [6, 6.07) is 12.6. The number of benzene rings is 2. The van der Waals surface area contributed by atoms with Crippen molar-refractivity contribution >= 4 is 35.0 Å². The molecule has 0 atom stereocenters. The van der Waals surface area contributed by atoms with E-state index in [1.807, 2.05) is 31.2 Å². The number of carbonyl (C=O) groups is 1. The maximum absolute atomic E-state index is 11.8. The minimum atomic E-state index is -0.173. The Morgan fingerprint density at radius 1 is 1.25 bits per heavy atom. The van der Waals surface area contributed by atoms with E-state index in [-0.39, 0.29) is 17.4 Å². The van der Waals surface area contributed by atoms with Crippen LogP contribution in [0.2, 0.25) is 5.02 Å². The predicted molar refractivity (Wildman–Crippen MR) is 83.6 cm³/mol. The van der Waals surface area contributed by atoms with Crippen LogP contribution in [0.25, 0.3) is 0 Å². The van der Waals surface area contributed by atoms with Gasteiger partial charge in [0.05, 0.1) is 11.4 Å². The van der Waals surface area contributed by atoms with Gasteiger partial charge in [-0.05, 0) is 31.2 Å². The van der Waals surface area contributed by atoms with Gasteiger partial charge in [-0.3, -0.25) is 4.79 Å². The fourth-order valence-electron chi connectivity index (χ4n) is 1.58. The fourth-order valence-corrected chi connectivity index (χ4v) is 2.44. The van der Waals surface area contributed by atoms with Gasteiger partial charge in [-0.2, -0.15) is 0 Å². The number of aromatic hydroxyl groups is 1. The Balaban J connectivity index is 1.90. The van der Waals surface area contributed by atoms with Gasteiger partial charge in [0.25, 0.3) is 0 Å². The standard InChI is InChI=1S/C15H14ClNO2S/c1-10-2-5-12(6-3-10)20-9-15(19)17-13-7-4-11(16)8-14(13)18/h2-8,18H,9H2,1H3,(H,17,19). The molecular weight excluding hydrogens is 294 g/mol. The third-order valence-corrected chi connectivity index (χ3v) is 3.87. The van der Waals surface area contributed by atoms with E-state index in [2.05, 4.69) is 5.32 Å². The molecule has 2 aromatic carbocycles. The highest BCUT2D eigenvalue weighted by molar-refractivity contribution is 8.00. The summed E-state index contributed by atoms with van der Waals surface area (Å²) in [5, 5.41) is 12.7. The highest BCUT2D eigenvalue weighted by atomic mass is 35.5. The number of rotatable bonds is 4. The molecule has 0 saturated heterocycles. The molecule has 2 aromatic rings. The molecule has 2 rings (SSSR count). The molecule has 0 fully saturated rings. The molecule has 1 amide bonds. The highest BCUT2D eigenvalue weighted by Crippen LogP contribution is 2.27. The molecule has 3 nitrogen and oxygen atoms in total. The topological polar surface area (TPSA) is 49.3 Å². The molecule has 0 heterocycles. The quantitative estimate of drug-likeness (QED) is 0.661. The van der Waals surface area contributed by atoms with Crippen molar-refractivity contribution in [1.82, 2.24) is 0 Å². The number of carbonyl (C=O) groups excluding carboxylic acids is 1. The largest absolute Gasteiger partial charge is 0.506 e. The van der Waals surface area contributed by atoms with Gasteiger partial charge in [0, 0.05) is 16.0 Å². The summed E-state index contributed by atoms with van der Waals surface area (Å²) in [6.07, 6.45) is 0. The minimum absolute atomic E-state index is 0.0359. The molecule has 0 aliphatic heterocycles. The van der Waals surface area contributed by atoms with Crippen LogP contribution < -0.4 is 5.32 Å². The molecule has 20 heavy (non-hydrogen) atoms. The number of hydrogen-bond acceptors (Lipinski definition) is 3. The summed E-state index contributed by atoms with van der Waals surface area (Å²) >= 11 is 7.18. The Kier molecular flexibility index (Phi) is 4.93. The van der Waals surface area contributed by atoms with Crippen molar-refractivity contribution < 1.29 is 9.90 Å². The second-order valence-corrected chi connectivity index (χ2v) is 5.80. The van der Waals surface area contributed by atoms with Gasteiger partial charge in [0.15, 0.2) is 0 Å². The van der Waals surface area contributed by atoms with Gasteiger partial charge in [-0.1, -0.05) is 29.3 Å². The summed E-state index contributed by atoms with van der Waals surface area (Å²) in [6.45, 7) is 2.02. The lowest BCUT2D eigenvalue weighted by Crippen LogP contribution is -2.14. The lowest BCUT2D eigenvalue weighted by molar-refractivity contribution is -0.113. The minimum Gasteiger partial charge on any atom is -0.506 e. The molecule has 104 valence electrons. The van der Waals surface area contributed by atoms with Crippen molar-refractivity contribution in [2.45, 2.75) is 11.8 Å². The van der Waals surface area contributed by atoms with E-state index in [1.165, 1.54) is 23.4 Å². The first-order valence-electron chi connectivity index (χ1n) is 6.02. The molecule has 0 unspecified atom stereocenters. The Morgan fingerprint density at radius 3 is 2.60 bits per heavy atom. The lowest BCUT2D eigenvalue weighted by Gasteiger charge is -2.07. The number of nitrogens with one attached hydrogen (secondary N) is 1. The third kappa shape index (κ3) is 4.18. The van der Waals surface area contributed by atoms with Crippen molar-refractivity contribution in [2.24, 2.45) is 0 Å². The zero-order chi connectivity index (χ0) is 14.5. The molecule has 0 radical (unpaired) electrons. The van der Waals surface area contributed by atoms with E-state index < -0.39 is 0 Å². The fraction of sp³-hybridized carbons (Fsp3) is 0.133. The summed E-state index contributed by atoms with van der Waals surface area (Å²) in [4.78, 5) is 12.8. The average molecular weight is 308 g/mol. The Labute approximate surface area is 127 Å². The molecule has 0 aliphatic carbocycles. The normalized spacial score (nSPS) is 10.3. The zero-order valence-electron chi connectivity index (χ0n) is 10.9. The van der Waals surface area contributed by atoms with Crippen LogP contribution in [-0.4, -0.2) is 16.8 Å². The molecule has 0 spiro atoms. The molecular formula is C15H14ClNO2S. The van der Waals surface area contributed by atoms with Gasteiger partial charge < -0.3 is 10.4 Å². The highest BCUT2D eigenvalue weighted by Gasteiger charge is 2.07. The van der Waals surface area contributed by atoms with Crippen molar-refractivity contribution in [3.8, 4) is 5.75 Å². The van der Waals surface area contributed by atoms with Crippen LogP contribution in [0.5, 0.6) is 5.75 Å². The number of hydrogen-bond donors (Lipinski definition) is 2. The molecule has 0 aliphatic rings. The van der Waals surface area contributed by atoms with Gasteiger partial charge in [-0.15, -0.1) is 11.8 Å². The third-order valence-electron chi connectivity index (χ3n) is 2.62. The lowest BCUT2D eigenvalue weighted by atomic mass is 10.2. The van der Waals surface area contributed by atoms with Gasteiger partial charge in [-0.25, -0.2) is 0 Å². The smallest absolute Gasteiger partial charge is 0.234 e. The van der Waals surface area contributed by atoms with Crippen LogP contribution in [-0.2, 0) is 4.79 Å². The maximum atomic E-state index is 11.8. The summed E-state index contributed by atoms with van der Waals surface area (Å²) in [7, 11) is 0. The number of anilines is 1. The average Bonchev–Trinajstić information content (AvgIpc) is 2.41. The van der Waals surface area contributed by atoms with Gasteiger partial charge in [0.2, 0.25) is 5.91 Å². The molecule has 5 heteroatoms. The van der Waals surface area contributed by atoms with E-state index in [9.17, 15) is 9.90 Å². The van der Waals surface area contributed by atoms with Crippen molar-refractivity contribution in [3.05, 3.63) is 53.1 Å². The number of amides is 1. The molecule has 0 bridgehead atoms. The second-order valence-electron chi connectivity index (χ2n) is 4.31. The number of aryl methyl sites for hydroxylation is 1. The summed E-state index contributed by atoms with van der Waals surface area (Å²) in [5.74, 6) is 0.0740. The van der Waals surface area contributed by atoms with Crippen LogP contribution in [0.15, 0.2) is 47.4 Å². The number of phenols is 1. The van der Waals surface area contributed by atoms with Crippen molar-refractivity contribution in [2.75, 3.05) is 11.1 Å². The van der Waals surface area contributed by atoms with Crippen LogP contribution in [0, 0.1) is 6.92 Å². The Morgan fingerprint density at radius 2 is 1.95 bits per heavy atom. The van der Waals surface area contributed by atoms with Gasteiger partial charge >= 0.3 is 0 Å². The monoisotopic (exact) mass is 307 g/mol. The van der Waals surface area contributed by atoms with E-state index in [4.69, 9.17) is 11.6 Å². The number of halogens is 1. The zero-order valence-corrected chi connectivity index (χ0v) is 12.5. The number of phenolic OH excluding ortho intramolecular Hbond substituents is 1. The van der Waals surface area contributed by atoms with Crippen molar-refractivity contribution in [3.63, 3.8) is 0 Å². The van der Waals surface area contributed by atoms with E-state index in [1.54, 1.807) is 12.1 Å². The van der Waals surface area contributed by atoms with Crippen molar-refractivity contribution in [1.29, 1.82) is 0 Å². The van der Waals surface area contributed by atoms with E-state index in [0.29, 0.717) is 10.7 Å². The molecule has 0 saturated carbocycles. The number of thioether (sulfide) groups is 1. The Hall–Kier alpha value is -1.65. The SMILES string of the molecule is Cc1ccc(SCC(=O)Nc2ccc(Cl)cc2O)cc1. The first kappa shape index (κ1) is 14.8. The van der Waals surface area contributed by atoms with E-state index in [0.717, 1.165) is 4.90 Å². The van der Waals surface area contributed by atoms with Crippen LogP contribution in [0.3, 0.4) is 0 Å². The van der Waals surface area contributed by atoms with Crippen LogP contribution in [0.1, 0.15) is 5.56 Å². The van der Waals surface area contributed by atoms with Crippen LogP contribution in [0.4, 0.5) is 5.69 Å². The predicted octanol–water partition coefficient (Wildman–Crippen LogP) is 4.08. The summed E-state index contributed by atoms with van der Waals surface area (Å²) in [5.41, 5.74) is 1.55. The Bertz CT molecular complexity index is 614. The molecule has 2 N–H and O–H groups in total. The first-order chi connectivity index (χ1) is 9.54. The first-order valence-corrected chi connectivity index (χ1v) is 7.39. The van der Waals surface area contributed by atoms with Gasteiger partial charge in [0.1, 0.15) is 5.75 Å². The van der Waals surface area contributed by atoms with Crippen LogP contribution >= 0.6 is 23.4 Å². The second kappa shape index (κ2) is 6.68. The molecule has 0 aromatic heterocycles. The summed E-state index contributed by atoms with van der Waals surface area (Å²) < 4.78 is 0.